The molecule has 0 bridgehead atoms. The molecule has 0 saturated heterocycles. The largest absolute Gasteiger partial charge is 0.598 e. The van der Waals surface area contributed by atoms with Crippen molar-refractivity contribution in [3.05, 3.63) is 83.9 Å². The van der Waals surface area contributed by atoms with E-state index in [0.29, 0.717) is 23.4 Å². The van der Waals surface area contributed by atoms with E-state index in [4.69, 9.17) is 4.52 Å². The van der Waals surface area contributed by atoms with Crippen molar-refractivity contribution in [2.75, 3.05) is 0 Å². The van der Waals surface area contributed by atoms with Crippen molar-refractivity contribution in [2.45, 2.75) is 38.0 Å². The van der Waals surface area contributed by atoms with E-state index in [1.54, 1.807) is 12.1 Å². The molecule has 0 aliphatic heterocycles. The van der Waals surface area contributed by atoms with Gasteiger partial charge in [-0.2, -0.15) is 4.39 Å². The number of rotatable bonds is 6. The first-order valence-electron chi connectivity index (χ1n) is 10.1. The SMILES string of the molecule is CC(C)(C)[S+]([O-])N[C@@H](Cc1cccc(F)n1)c1ccccc1-c1noc2ccccc12. The molecular formula is C24H24FN3O2S. The van der Waals surface area contributed by atoms with Crippen LogP contribution in [0.4, 0.5) is 4.39 Å². The number of nitrogens with one attached hydrogen (secondary N) is 1. The van der Waals surface area contributed by atoms with Crippen molar-refractivity contribution in [1.29, 1.82) is 0 Å². The zero-order chi connectivity index (χ0) is 22.0. The van der Waals surface area contributed by atoms with Crippen LogP contribution < -0.4 is 4.72 Å². The molecule has 1 unspecified atom stereocenters. The van der Waals surface area contributed by atoms with E-state index >= 15 is 0 Å². The number of pyridine rings is 1. The topological polar surface area (TPSA) is 74.0 Å². The third-order valence-corrected chi connectivity index (χ3v) is 6.57. The van der Waals surface area contributed by atoms with Crippen LogP contribution in [0.25, 0.3) is 22.2 Å². The van der Waals surface area contributed by atoms with Crippen LogP contribution in [0, 0.1) is 5.95 Å². The van der Waals surface area contributed by atoms with E-state index in [9.17, 15) is 8.94 Å². The summed E-state index contributed by atoms with van der Waals surface area (Å²) in [6, 6.07) is 19.8. The van der Waals surface area contributed by atoms with Gasteiger partial charge in [0.2, 0.25) is 5.95 Å². The second kappa shape index (κ2) is 8.78. The molecule has 2 heterocycles. The quantitative estimate of drug-likeness (QED) is 0.324. The molecule has 160 valence electrons. The molecule has 2 atom stereocenters. The van der Waals surface area contributed by atoms with Crippen molar-refractivity contribution in [3.8, 4) is 11.3 Å². The molecule has 0 amide bonds. The normalized spacial score (nSPS) is 14.0. The first kappa shape index (κ1) is 21.5. The van der Waals surface area contributed by atoms with E-state index in [2.05, 4.69) is 14.9 Å². The summed E-state index contributed by atoms with van der Waals surface area (Å²) in [5.41, 5.74) is 3.74. The van der Waals surface area contributed by atoms with Crippen LogP contribution in [0.5, 0.6) is 0 Å². The van der Waals surface area contributed by atoms with Gasteiger partial charge in [0.1, 0.15) is 10.4 Å². The van der Waals surface area contributed by atoms with Crippen molar-refractivity contribution >= 4 is 22.3 Å². The predicted molar refractivity (Wildman–Crippen MR) is 121 cm³/mol. The number of fused-ring (bicyclic) bond motifs is 1. The van der Waals surface area contributed by atoms with Gasteiger partial charge >= 0.3 is 0 Å². The fraction of sp³-hybridized carbons (Fsp3) is 0.250. The summed E-state index contributed by atoms with van der Waals surface area (Å²) < 4.78 is 35.0. The minimum atomic E-state index is -1.34. The number of aromatic nitrogens is 2. The highest BCUT2D eigenvalue weighted by Crippen LogP contribution is 2.34. The average molecular weight is 438 g/mol. The average Bonchev–Trinajstić information content (AvgIpc) is 3.16. The van der Waals surface area contributed by atoms with Crippen LogP contribution in [-0.2, 0) is 17.8 Å². The van der Waals surface area contributed by atoms with Gasteiger partial charge in [0.15, 0.2) is 5.58 Å². The number of hydrogen-bond acceptors (Lipinski definition) is 5. The second-order valence-electron chi connectivity index (χ2n) is 8.32. The lowest BCUT2D eigenvalue weighted by Crippen LogP contribution is -2.42. The van der Waals surface area contributed by atoms with E-state index in [-0.39, 0.29) is 6.04 Å². The number of benzene rings is 2. The van der Waals surface area contributed by atoms with Gasteiger partial charge in [0.25, 0.3) is 0 Å². The van der Waals surface area contributed by atoms with Crippen LogP contribution in [0.15, 0.2) is 71.3 Å². The first-order valence-corrected chi connectivity index (χ1v) is 11.2. The number of halogens is 1. The van der Waals surface area contributed by atoms with Crippen LogP contribution in [0.1, 0.15) is 38.1 Å². The zero-order valence-corrected chi connectivity index (χ0v) is 18.4. The van der Waals surface area contributed by atoms with Crippen LogP contribution in [-0.4, -0.2) is 19.4 Å². The Morgan fingerprint density at radius 3 is 2.55 bits per heavy atom. The highest BCUT2D eigenvalue weighted by Gasteiger charge is 2.31. The maximum absolute atomic E-state index is 13.7. The predicted octanol–water partition coefficient (Wildman–Crippen LogP) is 5.36. The van der Waals surface area contributed by atoms with Crippen LogP contribution in [0.2, 0.25) is 0 Å². The van der Waals surface area contributed by atoms with Gasteiger partial charge < -0.3 is 9.08 Å². The Balaban J connectivity index is 1.79. The molecule has 4 rings (SSSR count). The molecule has 0 saturated carbocycles. The Hall–Kier alpha value is -2.74. The Labute approximate surface area is 184 Å². The zero-order valence-electron chi connectivity index (χ0n) is 17.6. The van der Waals surface area contributed by atoms with Crippen LogP contribution >= 0.6 is 0 Å². The van der Waals surface area contributed by atoms with Gasteiger partial charge in [0.05, 0.1) is 6.04 Å². The standard InChI is InChI=1S/C24H24FN3O2S/c1-24(2,3)31(29)28-20(15-16-9-8-14-22(25)26-16)17-10-4-5-11-18(17)23-19-12-6-7-13-21(19)30-27-23/h4-14,20,28H,15H2,1-3H3/t20-,31?/m0/s1. The summed E-state index contributed by atoms with van der Waals surface area (Å²) >= 11 is -1.34. The lowest BCUT2D eigenvalue weighted by Gasteiger charge is -2.29. The lowest BCUT2D eigenvalue weighted by atomic mass is 9.94. The van der Waals surface area contributed by atoms with Crippen molar-refractivity contribution < 1.29 is 13.5 Å². The summed E-state index contributed by atoms with van der Waals surface area (Å²) in [6.45, 7) is 5.72. The van der Waals surface area contributed by atoms with Gasteiger partial charge in [-0.15, -0.1) is 4.72 Å². The Morgan fingerprint density at radius 2 is 1.77 bits per heavy atom. The Kier molecular flexibility index (Phi) is 6.09. The summed E-state index contributed by atoms with van der Waals surface area (Å²) in [6.07, 6.45) is 0.367. The summed E-state index contributed by atoms with van der Waals surface area (Å²) in [5, 5.41) is 5.20. The molecule has 0 radical (unpaired) electrons. The minimum absolute atomic E-state index is 0.367. The second-order valence-corrected chi connectivity index (χ2v) is 10.3. The third-order valence-electron chi connectivity index (χ3n) is 4.96. The van der Waals surface area contributed by atoms with Gasteiger partial charge in [0, 0.05) is 34.4 Å². The Morgan fingerprint density at radius 1 is 1.03 bits per heavy atom. The fourth-order valence-corrected chi connectivity index (χ4v) is 4.21. The van der Waals surface area contributed by atoms with Gasteiger partial charge in [-0.05, 0) is 50.6 Å². The number of hydrogen-bond donors (Lipinski definition) is 1. The molecule has 4 aromatic rings. The van der Waals surface area contributed by atoms with E-state index in [1.165, 1.54) is 6.07 Å². The van der Waals surface area contributed by atoms with E-state index in [0.717, 1.165) is 16.5 Å². The van der Waals surface area contributed by atoms with Gasteiger partial charge in [-0.3, -0.25) is 0 Å². The molecule has 0 fully saturated rings. The molecule has 0 spiro atoms. The molecule has 5 nitrogen and oxygen atoms in total. The van der Waals surface area contributed by atoms with Crippen molar-refractivity contribution in [1.82, 2.24) is 14.9 Å². The fourth-order valence-electron chi connectivity index (χ4n) is 3.39. The molecular weight excluding hydrogens is 413 g/mol. The highest BCUT2D eigenvalue weighted by atomic mass is 32.2. The summed E-state index contributed by atoms with van der Waals surface area (Å²) in [4.78, 5) is 4.01. The molecule has 0 aliphatic rings. The summed E-state index contributed by atoms with van der Waals surface area (Å²) in [5.74, 6) is -0.538. The van der Waals surface area contributed by atoms with E-state index in [1.807, 2.05) is 69.3 Å². The minimum Gasteiger partial charge on any atom is -0.598 e. The summed E-state index contributed by atoms with van der Waals surface area (Å²) in [7, 11) is 0. The van der Waals surface area contributed by atoms with E-state index < -0.39 is 22.1 Å². The lowest BCUT2D eigenvalue weighted by molar-refractivity contribution is 0.459. The van der Waals surface area contributed by atoms with Gasteiger partial charge in [-0.1, -0.05) is 47.6 Å². The van der Waals surface area contributed by atoms with Crippen LogP contribution in [0.3, 0.4) is 0 Å². The third kappa shape index (κ3) is 4.79. The van der Waals surface area contributed by atoms with Crippen molar-refractivity contribution in [3.63, 3.8) is 0 Å². The first-order chi connectivity index (χ1) is 14.8. The van der Waals surface area contributed by atoms with Gasteiger partial charge in [-0.25, -0.2) is 4.98 Å². The van der Waals surface area contributed by atoms with Crippen molar-refractivity contribution in [2.24, 2.45) is 0 Å². The molecule has 2 aromatic heterocycles. The Bertz CT molecular complexity index is 1190. The number of nitrogens with zero attached hydrogens (tertiary/aromatic N) is 2. The maximum Gasteiger partial charge on any atom is 0.213 e. The smallest absolute Gasteiger partial charge is 0.213 e. The monoisotopic (exact) mass is 437 g/mol. The number of para-hydroxylation sites is 1. The molecule has 0 aliphatic carbocycles. The molecule has 31 heavy (non-hydrogen) atoms. The molecule has 2 aromatic carbocycles. The maximum atomic E-state index is 13.7. The molecule has 1 N–H and O–H groups in total. The highest BCUT2D eigenvalue weighted by molar-refractivity contribution is 7.90. The molecule has 7 heteroatoms.